The Morgan fingerprint density at radius 2 is 2.33 bits per heavy atom. The van der Waals surface area contributed by atoms with Crippen molar-refractivity contribution in [2.45, 2.75) is 11.3 Å². The van der Waals surface area contributed by atoms with Gasteiger partial charge in [-0.2, -0.15) is 18.4 Å². The van der Waals surface area contributed by atoms with Crippen LogP contribution in [0.15, 0.2) is 17.6 Å². The number of aryl methyl sites for hydroxylation is 1. The molecule has 0 aromatic carbocycles. The molecule has 0 radical (unpaired) electrons. The number of nitrogens with zero attached hydrogens (tertiary/aromatic N) is 3. The molecule has 15 heavy (non-hydrogen) atoms. The monoisotopic (exact) mass is 235 g/mol. The van der Waals surface area contributed by atoms with Crippen LogP contribution in [-0.2, 0) is 7.05 Å². The topological polar surface area (TPSA) is 41.6 Å². The van der Waals surface area contributed by atoms with Crippen LogP contribution in [0.3, 0.4) is 0 Å². The van der Waals surface area contributed by atoms with Crippen molar-refractivity contribution >= 4 is 11.8 Å². The van der Waals surface area contributed by atoms with Crippen LogP contribution in [0.25, 0.3) is 0 Å². The smallest absolute Gasteiger partial charge is 0.329 e. The lowest BCUT2D eigenvalue weighted by Gasteiger charge is -2.11. The van der Waals surface area contributed by atoms with Gasteiger partial charge in [-0.1, -0.05) is 11.8 Å². The summed E-state index contributed by atoms with van der Waals surface area (Å²) in [5, 5.41) is 8.82. The molecule has 0 saturated carbocycles. The second-order valence-electron chi connectivity index (χ2n) is 2.86. The van der Waals surface area contributed by atoms with E-state index in [1.165, 1.54) is 12.3 Å². The van der Waals surface area contributed by atoms with Crippen molar-refractivity contribution in [3.63, 3.8) is 0 Å². The van der Waals surface area contributed by atoms with Crippen LogP contribution in [0.1, 0.15) is 0 Å². The fraction of sp³-hybridized carbons (Fsp3) is 0.500. The molecule has 0 aliphatic carbocycles. The molecular weight excluding hydrogens is 227 g/mol. The fourth-order valence-electron chi connectivity index (χ4n) is 0.854. The SMILES string of the molecule is Cn1ccnc1SCC(C#N)C(F)(F)F. The van der Waals surface area contributed by atoms with E-state index in [0.717, 1.165) is 11.8 Å². The number of hydrogen-bond donors (Lipinski definition) is 0. The lowest BCUT2D eigenvalue weighted by atomic mass is 10.2. The molecule has 0 saturated heterocycles. The Kier molecular flexibility index (Phi) is 3.63. The largest absolute Gasteiger partial charge is 0.405 e. The zero-order chi connectivity index (χ0) is 11.5. The number of thioether (sulfide) groups is 1. The molecular formula is C8H8F3N3S. The highest BCUT2D eigenvalue weighted by Crippen LogP contribution is 2.30. The maximum absolute atomic E-state index is 12.2. The molecule has 1 unspecified atom stereocenters. The first-order valence-electron chi connectivity index (χ1n) is 4.01. The fourth-order valence-corrected chi connectivity index (χ4v) is 1.83. The van der Waals surface area contributed by atoms with Crippen molar-refractivity contribution in [2.24, 2.45) is 13.0 Å². The van der Waals surface area contributed by atoms with Crippen molar-refractivity contribution in [3.8, 4) is 6.07 Å². The molecule has 1 aromatic rings. The zero-order valence-corrected chi connectivity index (χ0v) is 8.64. The van der Waals surface area contributed by atoms with E-state index in [9.17, 15) is 13.2 Å². The minimum absolute atomic E-state index is 0.329. The summed E-state index contributed by atoms with van der Waals surface area (Å²) in [7, 11) is 1.68. The van der Waals surface area contributed by atoms with Gasteiger partial charge in [0.15, 0.2) is 11.1 Å². The minimum atomic E-state index is -4.47. The highest BCUT2D eigenvalue weighted by atomic mass is 32.2. The Labute approximate surface area is 88.9 Å². The second-order valence-corrected chi connectivity index (χ2v) is 3.84. The van der Waals surface area contributed by atoms with Crippen LogP contribution in [0.2, 0.25) is 0 Å². The maximum Gasteiger partial charge on any atom is 0.405 e. The van der Waals surface area contributed by atoms with E-state index in [1.807, 2.05) is 0 Å². The van der Waals surface area contributed by atoms with Crippen molar-refractivity contribution in [3.05, 3.63) is 12.4 Å². The second kappa shape index (κ2) is 4.57. The zero-order valence-electron chi connectivity index (χ0n) is 7.82. The van der Waals surface area contributed by atoms with Gasteiger partial charge in [0, 0.05) is 25.2 Å². The van der Waals surface area contributed by atoms with Crippen LogP contribution in [-0.4, -0.2) is 21.5 Å². The number of hydrogen-bond acceptors (Lipinski definition) is 3. The highest BCUT2D eigenvalue weighted by Gasteiger charge is 2.39. The number of alkyl halides is 3. The summed E-state index contributed by atoms with van der Waals surface area (Å²) in [5.41, 5.74) is 0. The summed E-state index contributed by atoms with van der Waals surface area (Å²) in [6.07, 6.45) is -1.33. The van der Waals surface area contributed by atoms with E-state index in [4.69, 9.17) is 5.26 Å². The standard InChI is InChI=1S/C8H8F3N3S/c1-14-3-2-13-7(14)15-5-6(4-12)8(9,10)11/h2-3,6H,5H2,1H3. The third-order valence-corrected chi connectivity index (χ3v) is 2.86. The lowest BCUT2D eigenvalue weighted by molar-refractivity contribution is -0.152. The lowest BCUT2D eigenvalue weighted by Crippen LogP contribution is -2.23. The summed E-state index contributed by atoms with van der Waals surface area (Å²) < 4.78 is 38.2. The molecule has 1 rings (SSSR count). The summed E-state index contributed by atoms with van der Waals surface area (Å²) in [4.78, 5) is 3.85. The van der Waals surface area contributed by atoms with E-state index in [2.05, 4.69) is 4.98 Å². The van der Waals surface area contributed by atoms with Gasteiger partial charge in [0.2, 0.25) is 0 Å². The number of halogens is 3. The first-order chi connectivity index (χ1) is 6.95. The van der Waals surface area contributed by atoms with Crippen LogP contribution < -0.4 is 0 Å². The number of nitriles is 1. The van der Waals surface area contributed by atoms with Gasteiger partial charge in [-0.25, -0.2) is 4.98 Å². The van der Waals surface area contributed by atoms with Gasteiger partial charge >= 0.3 is 6.18 Å². The van der Waals surface area contributed by atoms with Crippen LogP contribution >= 0.6 is 11.8 Å². The van der Waals surface area contributed by atoms with Gasteiger partial charge in [0.05, 0.1) is 6.07 Å². The Morgan fingerprint density at radius 3 is 2.73 bits per heavy atom. The van der Waals surface area contributed by atoms with Gasteiger partial charge in [-0.15, -0.1) is 0 Å². The molecule has 3 nitrogen and oxygen atoms in total. The summed E-state index contributed by atoms with van der Waals surface area (Å²) in [6, 6.07) is 1.24. The highest BCUT2D eigenvalue weighted by molar-refractivity contribution is 7.99. The predicted octanol–water partition coefficient (Wildman–Crippen LogP) is 2.21. The van der Waals surface area contributed by atoms with Crippen molar-refractivity contribution in [1.29, 1.82) is 5.26 Å². The quantitative estimate of drug-likeness (QED) is 0.754. The van der Waals surface area contributed by atoms with E-state index in [0.29, 0.717) is 5.16 Å². The van der Waals surface area contributed by atoms with Gasteiger partial charge in [-0.3, -0.25) is 0 Å². The minimum Gasteiger partial charge on any atom is -0.329 e. The van der Waals surface area contributed by atoms with Crippen molar-refractivity contribution in [1.82, 2.24) is 9.55 Å². The summed E-state index contributed by atoms with van der Waals surface area (Å²) in [6.45, 7) is 0. The molecule has 7 heteroatoms. The molecule has 0 aliphatic heterocycles. The average molecular weight is 235 g/mol. The maximum atomic E-state index is 12.2. The predicted molar refractivity (Wildman–Crippen MR) is 49.1 cm³/mol. The molecule has 0 N–H and O–H groups in total. The molecule has 0 amide bonds. The molecule has 1 atom stereocenters. The van der Waals surface area contributed by atoms with E-state index < -0.39 is 12.1 Å². The number of aromatic nitrogens is 2. The Bertz CT molecular complexity index is 366. The third kappa shape index (κ3) is 3.16. The molecule has 1 aromatic heterocycles. The number of imidazole rings is 1. The first kappa shape index (κ1) is 11.9. The summed E-state index contributed by atoms with van der Waals surface area (Å²) >= 11 is 0.923. The van der Waals surface area contributed by atoms with E-state index in [-0.39, 0.29) is 5.75 Å². The molecule has 0 fully saturated rings. The van der Waals surface area contributed by atoms with E-state index in [1.54, 1.807) is 17.8 Å². The number of rotatable bonds is 3. The third-order valence-electron chi connectivity index (χ3n) is 1.71. The van der Waals surface area contributed by atoms with E-state index >= 15 is 0 Å². The van der Waals surface area contributed by atoms with Gasteiger partial charge in [0.1, 0.15) is 0 Å². The molecule has 0 spiro atoms. The van der Waals surface area contributed by atoms with Gasteiger partial charge < -0.3 is 4.57 Å². The Hall–Kier alpha value is -1.16. The normalized spacial score (nSPS) is 13.5. The molecule has 1 heterocycles. The average Bonchev–Trinajstić information content (AvgIpc) is 2.50. The molecule has 0 bridgehead atoms. The van der Waals surface area contributed by atoms with Gasteiger partial charge in [-0.05, 0) is 0 Å². The van der Waals surface area contributed by atoms with Crippen LogP contribution in [0, 0.1) is 17.2 Å². The Morgan fingerprint density at radius 1 is 1.67 bits per heavy atom. The van der Waals surface area contributed by atoms with Gasteiger partial charge in [0.25, 0.3) is 0 Å². The Balaban J connectivity index is 2.57. The summed E-state index contributed by atoms with van der Waals surface area (Å²) in [5.74, 6) is -2.27. The van der Waals surface area contributed by atoms with Crippen LogP contribution in [0.4, 0.5) is 13.2 Å². The molecule has 0 aliphatic rings. The molecule has 82 valence electrons. The van der Waals surface area contributed by atoms with Crippen molar-refractivity contribution < 1.29 is 13.2 Å². The first-order valence-corrected chi connectivity index (χ1v) is 5.00. The van der Waals surface area contributed by atoms with Crippen LogP contribution in [0.5, 0.6) is 0 Å². The van der Waals surface area contributed by atoms with Crippen molar-refractivity contribution in [2.75, 3.05) is 5.75 Å².